The molecule has 2 aromatic heterocycles. The van der Waals surface area contributed by atoms with Crippen molar-refractivity contribution < 1.29 is 17.7 Å². The highest BCUT2D eigenvalue weighted by Gasteiger charge is 2.22. The van der Waals surface area contributed by atoms with E-state index in [4.69, 9.17) is 4.52 Å². The van der Waals surface area contributed by atoms with E-state index >= 15 is 0 Å². The van der Waals surface area contributed by atoms with Crippen LogP contribution in [0.2, 0.25) is 0 Å². The van der Waals surface area contributed by atoms with Crippen molar-refractivity contribution in [3.05, 3.63) is 46.5 Å². The molecule has 1 unspecified atom stereocenters. The normalized spacial score (nSPS) is 16.5. The topological polar surface area (TPSA) is 139 Å². The summed E-state index contributed by atoms with van der Waals surface area (Å²) in [5.41, 5.74) is 1.47. The Bertz CT molecular complexity index is 1380. The van der Waals surface area contributed by atoms with Gasteiger partial charge >= 0.3 is 6.03 Å². The van der Waals surface area contributed by atoms with Crippen molar-refractivity contribution in [2.45, 2.75) is 38.5 Å². The lowest BCUT2D eigenvalue weighted by atomic mass is 9.97. The maximum Gasteiger partial charge on any atom is 0.321 e. The first kappa shape index (κ1) is 24.0. The minimum Gasteiger partial charge on any atom is -0.339 e. The summed E-state index contributed by atoms with van der Waals surface area (Å²) in [6.45, 7) is 6.80. The van der Waals surface area contributed by atoms with Crippen LogP contribution in [-0.4, -0.2) is 55.1 Å². The number of benzene rings is 1. The molecule has 0 aliphatic carbocycles. The van der Waals surface area contributed by atoms with E-state index < -0.39 is 9.84 Å². The molecule has 180 valence electrons. The molecule has 34 heavy (non-hydrogen) atoms. The number of hydrogen-bond acceptors (Lipinski definition) is 9. The molecule has 4 rings (SSSR count). The summed E-state index contributed by atoms with van der Waals surface area (Å²) in [5.74, 6) is 0.964. The highest BCUT2D eigenvalue weighted by Crippen LogP contribution is 2.31. The molecule has 0 saturated heterocycles. The lowest BCUT2D eigenvalue weighted by Crippen LogP contribution is -2.30. The number of urea groups is 1. The maximum atomic E-state index is 12.3. The number of nitrogens with zero attached hydrogens (tertiary/aromatic N) is 4. The Morgan fingerprint density at radius 1 is 1.26 bits per heavy atom. The third-order valence-corrected chi connectivity index (χ3v) is 7.15. The van der Waals surface area contributed by atoms with Gasteiger partial charge in [-0.05, 0) is 17.7 Å². The number of hydrogen-bond donors (Lipinski definition) is 2. The van der Waals surface area contributed by atoms with Gasteiger partial charge in [-0.1, -0.05) is 49.4 Å². The number of carbonyl (C=O) groups is 1. The smallest absolute Gasteiger partial charge is 0.321 e. The Morgan fingerprint density at radius 3 is 2.76 bits per heavy atom. The summed E-state index contributed by atoms with van der Waals surface area (Å²) in [5, 5.41) is 9.93. The van der Waals surface area contributed by atoms with E-state index in [1.807, 2.05) is 39.0 Å². The fraction of sp³-hybridized carbons (Fsp3) is 0.409. The number of rotatable bonds is 6. The summed E-state index contributed by atoms with van der Waals surface area (Å²) in [7, 11) is -3.32. The fourth-order valence-corrected chi connectivity index (χ4v) is 4.87. The van der Waals surface area contributed by atoms with E-state index in [0.29, 0.717) is 36.4 Å². The number of carbonyl (C=O) groups excluding carboxylic acids is 1. The molecule has 2 amide bonds. The third kappa shape index (κ3) is 5.68. The van der Waals surface area contributed by atoms with Gasteiger partial charge in [0.1, 0.15) is 0 Å². The molecule has 2 N–H and O–H groups in total. The van der Waals surface area contributed by atoms with Gasteiger partial charge in [0.15, 0.2) is 20.8 Å². The second-order valence-electron chi connectivity index (χ2n) is 9.08. The van der Waals surface area contributed by atoms with Crippen LogP contribution in [0, 0.1) is 0 Å². The third-order valence-electron chi connectivity index (χ3n) is 5.12. The van der Waals surface area contributed by atoms with Crippen molar-refractivity contribution in [1.82, 2.24) is 20.4 Å². The largest absolute Gasteiger partial charge is 0.339 e. The zero-order valence-corrected chi connectivity index (χ0v) is 21.0. The SMILES string of the molecule is CC(C)(C)c1nc(CCNC(=O)Nc2nc3ccc(C4C=C(S(C)(=O)=O)C=NC4)cc3s2)no1. The van der Waals surface area contributed by atoms with Gasteiger partial charge in [-0.3, -0.25) is 10.3 Å². The number of fused-ring (bicyclic) bond motifs is 1. The van der Waals surface area contributed by atoms with Crippen LogP contribution in [0.1, 0.15) is 44.0 Å². The number of anilines is 1. The molecule has 0 saturated carbocycles. The molecule has 0 bridgehead atoms. The molecule has 3 aromatic rings. The lowest BCUT2D eigenvalue weighted by Gasteiger charge is -2.15. The van der Waals surface area contributed by atoms with E-state index in [2.05, 4.69) is 30.8 Å². The predicted octanol–water partition coefficient (Wildman–Crippen LogP) is 3.44. The summed E-state index contributed by atoms with van der Waals surface area (Å²) < 4.78 is 29.8. The number of dihydropyridines is 1. The van der Waals surface area contributed by atoms with Gasteiger partial charge < -0.3 is 9.84 Å². The molecule has 0 fully saturated rings. The van der Waals surface area contributed by atoms with Crippen molar-refractivity contribution in [2.24, 2.45) is 4.99 Å². The average molecular weight is 503 g/mol. The van der Waals surface area contributed by atoms with Crippen LogP contribution in [0.5, 0.6) is 0 Å². The first-order valence-corrected chi connectivity index (χ1v) is 13.4. The first-order chi connectivity index (χ1) is 16.0. The molecule has 1 aromatic carbocycles. The highest BCUT2D eigenvalue weighted by molar-refractivity contribution is 7.95. The van der Waals surface area contributed by atoms with Gasteiger partial charge in [-0.2, -0.15) is 4.98 Å². The average Bonchev–Trinajstić information content (AvgIpc) is 3.39. The minimum atomic E-state index is -3.32. The molecule has 1 aliphatic heterocycles. The standard InChI is InChI=1S/C22H26N6O4S2/c1-22(2,3)19-26-18(28-32-19)7-8-24-20(29)27-21-25-16-6-5-13(10-17(16)33-21)14-9-15(12-23-11-14)34(4,30)31/h5-6,9-10,12,14H,7-8,11H2,1-4H3,(H2,24,25,27,29). The monoisotopic (exact) mass is 502 g/mol. The van der Waals surface area contributed by atoms with E-state index in [0.717, 1.165) is 15.8 Å². The Kier molecular flexibility index (Phi) is 6.54. The number of nitrogens with one attached hydrogen (secondary N) is 2. The number of sulfone groups is 1. The van der Waals surface area contributed by atoms with Gasteiger partial charge in [0.05, 0.1) is 15.1 Å². The second kappa shape index (κ2) is 9.26. The molecule has 1 atom stereocenters. The Hall–Kier alpha value is -3.12. The molecule has 1 aliphatic rings. The number of thiazole rings is 1. The maximum absolute atomic E-state index is 12.3. The molecule has 0 spiro atoms. The molecule has 3 heterocycles. The van der Waals surface area contributed by atoms with Gasteiger partial charge in [0, 0.05) is 43.3 Å². The lowest BCUT2D eigenvalue weighted by molar-refractivity contribution is 0.252. The zero-order chi connectivity index (χ0) is 24.5. The van der Waals surface area contributed by atoms with E-state index in [1.165, 1.54) is 23.8 Å². The van der Waals surface area contributed by atoms with Crippen LogP contribution in [0.15, 0.2) is 38.7 Å². The first-order valence-electron chi connectivity index (χ1n) is 10.7. The van der Waals surface area contributed by atoms with Crippen LogP contribution in [-0.2, 0) is 21.7 Å². The van der Waals surface area contributed by atoms with Gasteiger partial charge in [0.25, 0.3) is 0 Å². The summed E-state index contributed by atoms with van der Waals surface area (Å²) in [4.78, 5) is 25.5. The van der Waals surface area contributed by atoms with Crippen LogP contribution >= 0.6 is 11.3 Å². The minimum absolute atomic E-state index is 0.134. The van der Waals surface area contributed by atoms with Gasteiger partial charge in [-0.15, -0.1) is 0 Å². The Balaban J connectivity index is 1.37. The molecular weight excluding hydrogens is 476 g/mol. The second-order valence-corrected chi connectivity index (χ2v) is 12.1. The fourth-order valence-electron chi connectivity index (χ4n) is 3.29. The molecule has 0 radical (unpaired) electrons. The number of allylic oxidation sites excluding steroid dienone is 1. The Morgan fingerprint density at radius 2 is 2.06 bits per heavy atom. The van der Waals surface area contributed by atoms with Crippen molar-refractivity contribution in [2.75, 3.05) is 24.7 Å². The van der Waals surface area contributed by atoms with E-state index in [1.54, 1.807) is 6.08 Å². The highest BCUT2D eigenvalue weighted by atomic mass is 32.2. The summed E-state index contributed by atoms with van der Waals surface area (Å²) in [6, 6.07) is 5.35. The predicted molar refractivity (Wildman–Crippen MR) is 132 cm³/mol. The van der Waals surface area contributed by atoms with Gasteiger partial charge in [-0.25, -0.2) is 18.2 Å². The van der Waals surface area contributed by atoms with Crippen molar-refractivity contribution in [3.63, 3.8) is 0 Å². The zero-order valence-electron chi connectivity index (χ0n) is 19.3. The van der Waals surface area contributed by atoms with Crippen LogP contribution in [0.25, 0.3) is 10.2 Å². The summed E-state index contributed by atoms with van der Waals surface area (Å²) in [6.07, 6.45) is 4.75. The van der Waals surface area contributed by atoms with Crippen molar-refractivity contribution in [3.8, 4) is 0 Å². The molecular formula is C22H26N6O4S2. The number of amides is 2. The number of aromatic nitrogens is 3. The van der Waals surface area contributed by atoms with Crippen LogP contribution in [0.3, 0.4) is 0 Å². The van der Waals surface area contributed by atoms with E-state index in [9.17, 15) is 13.2 Å². The van der Waals surface area contributed by atoms with Crippen molar-refractivity contribution in [1.29, 1.82) is 0 Å². The number of aliphatic imine (C=N–C) groups is 1. The Labute approximate surface area is 201 Å². The van der Waals surface area contributed by atoms with Gasteiger partial charge in [0.2, 0.25) is 5.89 Å². The van der Waals surface area contributed by atoms with Crippen LogP contribution in [0.4, 0.5) is 9.93 Å². The van der Waals surface area contributed by atoms with Crippen LogP contribution < -0.4 is 10.6 Å². The molecule has 12 heteroatoms. The quantitative estimate of drug-likeness (QED) is 0.526. The van der Waals surface area contributed by atoms with Crippen molar-refractivity contribution >= 4 is 48.8 Å². The summed E-state index contributed by atoms with van der Waals surface area (Å²) >= 11 is 1.35. The molecule has 10 nitrogen and oxygen atoms in total. The van der Waals surface area contributed by atoms with E-state index in [-0.39, 0.29) is 22.3 Å².